The summed E-state index contributed by atoms with van der Waals surface area (Å²) in [4.78, 5) is 13.6. The first-order chi connectivity index (χ1) is 15.2. The minimum atomic E-state index is -0.422. The van der Waals surface area contributed by atoms with Gasteiger partial charge in [-0.15, -0.1) is 0 Å². The lowest BCUT2D eigenvalue weighted by Crippen LogP contribution is -2.10. The Bertz CT molecular complexity index is 1130. The maximum Gasteiger partial charge on any atom is 0.223 e. The lowest BCUT2D eigenvalue weighted by molar-refractivity contribution is 0.447. The van der Waals surface area contributed by atoms with Crippen molar-refractivity contribution in [2.24, 2.45) is 0 Å². The smallest absolute Gasteiger partial charge is 0.223 e. The van der Waals surface area contributed by atoms with Crippen molar-refractivity contribution in [3.63, 3.8) is 0 Å². The normalized spacial score (nSPS) is 12.0. The fourth-order valence-corrected chi connectivity index (χ4v) is 3.45. The molecule has 0 aliphatic carbocycles. The van der Waals surface area contributed by atoms with Crippen LogP contribution >= 0.6 is 0 Å². The number of hydrogen-bond acceptors (Lipinski definition) is 4. The molecule has 4 aromatic rings. The van der Waals surface area contributed by atoms with E-state index in [0.29, 0.717) is 30.3 Å². The second-order valence-electron chi connectivity index (χ2n) is 7.23. The minimum absolute atomic E-state index is 0.0180. The van der Waals surface area contributed by atoms with E-state index in [1.165, 1.54) is 12.1 Å². The summed E-state index contributed by atoms with van der Waals surface area (Å²) in [7, 11) is 0. The molecule has 4 rings (SSSR count). The summed E-state index contributed by atoms with van der Waals surface area (Å²) in [6.45, 7) is 2.09. The summed E-state index contributed by atoms with van der Waals surface area (Å²) in [5.74, 6) is 0.169. The molecule has 1 N–H and O–H groups in total. The molecule has 7 heteroatoms. The second kappa shape index (κ2) is 9.47. The van der Waals surface area contributed by atoms with E-state index in [9.17, 15) is 8.78 Å². The molecule has 1 atom stereocenters. The zero-order valence-corrected chi connectivity index (χ0v) is 17.2. The Labute approximate surface area is 179 Å². The highest BCUT2D eigenvalue weighted by Gasteiger charge is 2.17. The van der Waals surface area contributed by atoms with Gasteiger partial charge in [-0.1, -0.05) is 30.3 Å². The maximum atomic E-state index is 13.4. The summed E-state index contributed by atoms with van der Waals surface area (Å²) in [5, 5.41) is 3.33. The molecule has 0 spiro atoms. The highest BCUT2D eigenvalue weighted by Crippen LogP contribution is 2.31. The van der Waals surface area contributed by atoms with E-state index >= 15 is 0 Å². The molecule has 0 saturated carbocycles. The number of aryl methyl sites for hydroxylation is 1. The summed E-state index contributed by atoms with van der Waals surface area (Å²) in [6.07, 6.45) is 3.72. The Morgan fingerprint density at radius 3 is 2.52 bits per heavy atom. The van der Waals surface area contributed by atoms with Crippen LogP contribution in [0.1, 0.15) is 24.9 Å². The monoisotopic (exact) mass is 419 g/mol. The molecule has 0 saturated heterocycles. The van der Waals surface area contributed by atoms with Crippen molar-refractivity contribution in [3.05, 3.63) is 84.6 Å². The number of alkyl halides is 1. The van der Waals surface area contributed by atoms with Crippen LogP contribution in [0.15, 0.2) is 73.2 Å². The fraction of sp³-hybridized carbons (Fsp3) is 0.208. The van der Waals surface area contributed by atoms with Crippen molar-refractivity contribution in [2.45, 2.75) is 25.9 Å². The quantitative estimate of drug-likeness (QED) is 0.399. The van der Waals surface area contributed by atoms with Crippen LogP contribution in [0, 0.1) is 5.82 Å². The fourth-order valence-electron chi connectivity index (χ4n) is 3.45. The number of nitrogens with zero attached hydrogens (tertiary/aromatic N) is 4. The Kier molecular flexibility index (Phi) is 6.31. The predicted molar refractivity (Wildman–Crippen MR) is 118 cm³/mol. The average Bonchev–Trinajstić information content (AvgIpc) is 3.23. The van der Waals surface area contributed by atoms with Crippen molar-refractivity contribution in [2.75, 3.05) is 12.0 Å². The van der Waals surface area contributed by atoms with E-state index in [0.717, 1.165) is 16.8 Å². The van der Waals surface area contributed by atoms with Crippen LogP contribution in [0.25, 0.3) is 22.6 Å². The minimum Gasteiger partial charge on any atom is -0.348 e. The molecule has 158 valence electrons. The number of anilines is 1. The van der Waals surface area contributed by atoms with Crippen LogP contribution in [0.3, 0.4) is 0 Å². The molecule has 0 radical (unpaired) electrons. The van der Waals surface area contributed by atoms with E-state index in [1.54, 1.807) is 30.7 Å². The van der Waals surface area contributed by atoms with Gasteiger partial charge < -0.3 is 9.88 Å². The highest BCUT2D eigenvalue weighted by atomic mass is 19.1. The number of hydrogen-bond donors (Lipinski definition) is 1. The summed E-state index contributed by atoms with van der Waals surface area (Å²) < 4.78 is 28.1. The van der Waals surface area contributed by atoms with Crippen molar-refractivity contribution in [1.82, 2.24) is 19.5 Å². The Morgan fingerprint density at radius 1 is 1.00 bits per heavy atom. The first kappa shape index (κ1) is 20.7. The van der Waals surface area contributed by atoms with Crippen molar-refractivity contribution in [1.29, 1.82) is 0 Å². The molecule has 0 amide bonds. The van der Waals surface area contributed by atoms with Crippen molar-refractivity contribution in [3.8, 4) is 22.6 Å². The van der Waals surface area contributed by atoms with Gasteiger partial charge >= 0.3 is 0 Å². The highest BCUT2D eigenvalue weighted by molar-refractivity contribution is 5.77. The van der Waals surface area contributed by atoms with E-state index in [2.05, 4.69) is 15.3 Å². The summed E-state index contributed by atoms with van der Waals surface area (Å²) in [6, 6.07) is 18.0. The number of benzene rings is 2. The molecule has 0 aliphatic heterocycles. The molecule has 1 unspecified atom stereocenters. The zero-order valence-electron chi connectivity index (χ0n) is 17.2. The van der Waals surface area contributed by atoms with Gasteiger partial charge in [-0.05, 0) is 49.2 Å². The van der Waals surface area contributed by atoms with Crippen LogP contribution in [0.5, 0.6) is 0 Å². The Morgan fingerprint density at radius 2 is 1.77 bits per heavy atom. The third-order valence-corrected chi connectivity index (χ3v) is 5.03. The van der Waals surface area contributed by atoms with Gasteiger partial charge in [0.1, 0.15) is 5.82 Å². The number of imidazole rings is 1. The number of rotatable bonds is 8. The molecule has 2 aromatic heterocycles. The Balaban J connectivity index is 1.70. The molecule has 0 fully saturated rings. The number of aromatic nitrogens is 4. The average molecular weight is 419 g/mol. The van der Waals surface area contributed by atoms with Gasteiger partial charge in [0.25, 0.3) is 0 Å². The first-order valence-corrected chi connectivity index (χ1v) is 10.2. The lowest BCUT2D eigenvalue weighted by Gasteiger charge is -2.15. The predicted octanol–water partition coefficient (Wildman–Crippen LogP) is 5.68. The van der Waals surface area contributed by atoms with E-state index in [4.69, 9.17) is 4.98 Å². The third kappa shape index (κ3) is 4.77. The van der Waals surface area contributed by atoms with Gasteiger partial charge in [-0.25, -0.2) is 19.3 Å². The van der Waals surface area contributed by atoms with E-state index in [-0.39, 0.29) is 11.9 Å². The third-order valence-electron chi connectivity index (χ3n) is 5.03. The van der Waals surface area contributed by atoms with Gasteiger partial charge in [-0.3, -0.25) is 4.39 Å². The SMILES string of the molecule is CC(Nc1nccc(-c2c(-c3ccc(F)cc3)ncn2CCCF)n1)c1ccccc1. The standard InChI is InChI=1S/C24H23F2N5/c1-17(18-6-3-2-4-7-18)29-24-27-14-12-21(30-24)23-22(19-8-10-20(26)11-9-19)28-16-31(23)15-5-13-25/h2-4,6-12,14,16-17H,5,13,15H2,1H3,(H,27,29,30). The molecular weight excluding hydrogens is 396 g/mol. The van der Waals surface area contributed by atoms with Crippen LogP contribution < -0.4 is 5.32 Å². The first-order valence-electron chi connectivity index (χ1n) is 10.2. The van der Waals surface area contributed by atoms with Crippen LogP contribution in [0.2, 0.25) is 0 Å². The van der Waals surface area contributed by atoms with E-state index < -0.39 is 6.67 Å². The second-order valence-corrected chi connectivity index (χ2v) is 7.23. The number of nitrogens with one attached hydrogen (secondary N) is 1. The van der Waals surface area contributed by atoms with Gasteiger partial charge in [0.2, 0.25) is 5.95 Å². The lowest BCUT2D eigenvalue weighted by atomic mass is 10.1. The molecule has 5 nitrogen and oxygen atoms in total. The van der Waals surface area contributed by atoms with Crippen LogP contribution in [-0.2, 0) is 6.54 Å². The largest absolute Gasteiger partial charge is 0.348 e. The molecule has 2 heterocycles. The van der Waals surface area contributed by atoms with Gasteiger partial charge in [0.05, 0.1) is 36.1 Å². The Hall–Kier alpha value is -3.61. The molecule has 0 aliphatic rings. The van der Waals surface area contributed by atoms with E-state index in [1.807, 2.05) is 41.8 Å². The van der Waals surface area contributed by atoms with Crippen molar-refractivity contribution < 1.29 is 8.78 Å². The molecule has 0 bridgehead atoms. The van der Waals surface area contributed by atoms with Gasteiger partial charge in [0, 0.05) is 18.3 Å². The van der Waals surface area contributed by atoms with Crippen LogP contribution in [-0.4, -0.2) is 26.2 Å². The number of halogens is 2. The van der Waals surface area contributed by atoms with Crippen LogP contribution in [0.4, 0.5) is 14.7 Å². The topological polar surface area (TPSA) is 55.6 Å². The van der Waals surface area contributed by atoms with Gasteiger partial charge in [0.15, 0.2) is 0 Å². The zero-order chi connectivity index (χ0) is 21.6. The molecular formula is C24H23F2N5. The summed E-state index contributed by atoms with van der Waals surface area (Å²) >= 11 is 0. The van der Waals surface area contributed by atoms with Gasteiger partial charge in [-0.2, -0.15) is 0 Å². The van der Waals surface area contributed by atoms with Crippen molar-refractivity contribution >= 4 is 5.95 Å². The molecule has 2 aromatic carbocycles. The maximum absolute atomic E-state index is 13.4. The summed E-state index contributed by atoms with van der Waals surface area (Å²) in [5.41, 5.74) is 3.96. The molecule has 31 heavy (non-hydrogen) atoms.